The third kappa shape index (κ3) is 12.6. The van der Waals surface area contributed by atoms with E-state index in [1.807, 2.05) is 0 Å². The highest BCUT2D eigenvalue weighted by Crippen LogP contribution is 2.13. The zero-order chi connectivity index (χ0) is 12.9. The standard InChI is InChI=1S/C15H33NS/c1-5-7-8-9-10-11-15(16-6-2)13-17-12-14(3)4/h14-16H,5-13H2,1-4H3. The Bertz CT molecular complexity index is 148. The van der Waals surface area contributed by atoms with Crippen molar-refractivity contribution in [3.8, 4) is 0 Å². The maximum atomic E-state index is 3.63. The summed E-state index contributed by atoms with van der Waals surface area (Å²) < 4.78 is 0. The Balaban J connectivity index is 3.52. The maximum absolute atomic E-state index is 3.63. The third-order valence-corrected chi connectivity index (χ3v) is 4.46. The minimum Gasteiger partial charge on any atom is -0.313 e. The fourth-order valence-corrected chi connectivity index (χ4v) is 3.15. The molecule has 1 nitrogen and oxygen atoms in total. The van der Waals surface area contributed by atoms with E-state index < -0.39 is 0 Å². The Kier molecular flexibility index (Phi) is 13.0. The lowest BCUT2D eigenvalue weighted by Crippen LogP contribution is -2.31. The van der Waals surface area contributed by atoms with Crippen molar-refractivity contribution in [2.75, 3.05) is 18.1 Å². The molecule has 0 heterocycles. The van der Waals surface area contributed by atoms with E-state index in [-0.39, 0.29) is 0 Å². The Labute approximate surface area is 114 Å². The molecule has 17 heavy (non-hydrogen) atoms. The molecule has 0 spiro atoms. The fourth-order valence-electron chi connectivity index (χ4n) is 1.97. The summed E-state index contributed by atoms with van der Waals surface area (Å²) in [6.45, 7) is 10.2. The molecular weight excluding hydrogens is 226 g/mol. The summed E-state index contributed by atoms with van der Waals surface area (Å²) in [4.78, 5) is 0. The van der Waals surface area contributed by atoms with Crippen LogP contribution in [0.5, 0.6) is 0 Å². The van der Waals surface area contributed by atoms with Gasteiger partial charge in [-0.3, -0.25) is 0 Å². The molecule has 0 aliphatic rings. The van der Waals surface area contributed by atoms with E-state index in [0.29, 0.717) is 0 Å². The van der Waals surface area contributed by atoms with Gasteiger partial charge in [-0.1, -0.05) is 59.8 Å². The molecule has 0 aromatic rings. The first-order valence-electron chi connectivity index (χ1n) is 7.51. The highest BCUT2D eigenvalue weighted by molar-refractivity contribution is 7.99. The summed E-state index contributed by atoms with van der Waals surface area (Å²) >= 11 is 2.12. The number of hydrogen-bond acceptors (Lipinski definition) is 2. The van der Waals surface area contributed by atoms with Crippen LogP contribution in [-0.4, -0.2) is 24.1 Å². The minimum absolute atomic E-state index is 0.741. The molecule has 0 aromatic heterocycles. The molecule has 1 unspecified atom stereocenters. The van der Waals surface area contributed by atoms with Gasteiger partial charge in [0, 0.05) is 11.8 Å². The smallest absolute Gasteiger partial charge is 0.0158 e. The average molecular weight is 260 g/mol. The average Bonchev–Trinajstić information content (AvgIpc) is 2.28. The molecule has 104 valence electrons. The van der Waals surface area contributed by atoms with Crippen molar-refractivity contribution in [1.29, 1.82) is 0 Å². The number of rotatable bonds is 12. The van der Waals surface area contributed by atoms with Crippen LogP contribution in [0, 0.1) is 5.92 Å². The summed E-state index contributed by atoms with van der Waals surface area (Å²) in [5.41, 5.74) is 0. The van der Waals surface area contributed by atoms with Crippen molar-refractivity contribution in [1.82, 2.24) is 5.32 Å². The quantitative estimate of drug-likeness (QED) is 0.509. The lowest BCUT2D eigenvalue weighted by molar-refractivity contribution is 0.496. The summed E-state index contributed by atoms with van der Waals surface area (Å²) in [7, 11) is 0. The van der Waals surface area contributed by atoms with Gasteiger partial charge in [0.25, 0.3) is 0 Å². The van der Waals surface area contributed by atoms with E-state index in [1.54, 1.807) is 0 Å². The van der Waals surface area contributed by atoms with Gasteiger partial charge in [-0.25, -0.2) is 0 Å². The van der Waals surface area contributed by atoms with Gasteiger partial charge < -0.3 is 5.32 Å². The van der Waals surface area contributed by atoms with Gasteiger partial charge in [-0.05, 0) is 24.6 Å². The maximum Gasteiger partial charge on any atom is 0.0158 e. The summed E-state index contributed by atoms with van der Waals surface area (Å²) in [5, 5.41) is 3.63. The highest BCUT2D eigenvalue weighted by atomic mass is 32.2. The fraction of sp³-hybridized carbons (Fsp3) is 1.00. The van der Waals surface area contributed by atoms with Crippen LogP contribution >= 0.6 is 11.8 Å². The van der Waals surface area contributed by atoms with E-state index in [0.717, 1.165) is 18.5 Å². The second-order valence-corrected chi connectivity index (χ2v) is 6.46. The molecule has 2 heteroatoms. The van der Waals surface area contributed by atoms with Crippen molar-refractivity contribution < 1.29 is 0 Å². The van der Waals surface area contributed by atoms with Crippen LogP contribution in [0.2, 0.25) is 0 Å². The zero-order valence-electron chi connectivity index (χ0n) is 12.4. The van der Waals surface area contributed by atoms with E-state index in [4.69, 9.17) is 0 Å². The van der Waals surface area contributed by atoms with E-state index in [1.165, 1.54) is 50.0 Å². The van der Waals surface area contributed by atoms with Crippen LogP contribution in [0.4, 0.5) is 0 Å². The van der Waals surface area contributed by atoms with Gasteiger partial charge in [-0.2, -0.15) is 11.8 Å². The molecule has 0 rings (SSSR count). The molecule has 0 saturated heterocycles. The molecular formula is C15H33NS. The van der Waals surface area contributed by atoms with Crippen LogP contribution in [0.15, 0.2) is 0 Å². The largest absolute Gasteiger partial charge is 0.313 e. The van der Waals surface area contributed by atoms with Crippen molar-refractivity contribution in [3.63, 3.8) is 0 Å². The third-order valence-electron chi connectivity index (χ3n) is 2.92. The first-order chi connectivity index (χ1) is 8.20. The van der Waals surface area contributed by atoms with Gasteiger partial charge in [0.15, 0.2) is 0 Å². The van der Waals surface area contributed by atoms with Crippen LogP contribution < -0.4 is 5.32 Å². The predicted octanol–water partition coefficient (Wildman–Crippen LogP) is 4.71. The first kappa shape index (κ1) is 17.3. The normalized spacial score (nSPS) is 13.2. The number of hydrogen-bond donors (Lipinski definition) is 1. The monoisotopic (exact) mass is 259 g/mol. The van der Waals surface area contributed by atoms with Crippen molar-refractivity contribution >= 4 is 11.8 Å². The summed E-state index contributed by atoms with van der Waals surface area (Å²) in [5.74, 6) is 3.42. The molecule has 0 aliphatic carbocycles. The van der Waals surface area contributed by atoms with E-state index >= 15 is 0 Å². The van der Waals surface area contributed by atoms with Crippen LogP contribution in [0.25, 0.3) is 0 Å². The zero-order valence-corrected chi connectivity index (χ0v) is 13.2. The van der Waals surface area contributed by atoms with Crippen LogP contribution in [-0.2, 0) is 0 Å². The van der Waals surface area contributed by atoms with Crippen molar-refractivity contribution in [2.45, 2.75) is 72.3 Å². The molecule has 0 aliphatic heterocycles. The van der Waals surface area contributed by atoms with Gasteiger partial charge in [-0.15, -0.1) is 0 Å². The molecule has 1 atom stereocenters. The molecule has 0 saturated carbocycles. The Morgan fingerprint density at radius 3 is 2.24 bits per heavy atom. The Morgan fingerprint density at radius 1 is 0.941 bits per heavy atom. The van der Waals surface area contributed by atoms with Gasteiger partial charge in [0.2, 0.25) is 0 Å². The van der Waals surface area contributed by atoms with Crippen molar-refractivity contribution in [3.05, 3.63) is 0 Å². The second kappa shape index (κ2) is 12.8. The highest BCUT2D eigenvalue weighted by Gasteiger charge is 2.07. The van der Waals surface area contributed by atoms with E-state index in [9.17, 15) is 0 Å². The van der Waals surface area contributed by atoms with E-state index in [2.05, 4.69) is 44.8 Å². The molecule has 0 amide bonds. The lowest BCUT2D eigenvalue weighted by atomic mass is 10.1. The second-order valence-electron chi connectivity index (χ2n) is 5.39. The summed E-state index contributed by atoms with van der Waals surface area (Å²) in [6, 6.07) is 0.741. The van der Waals surface area contributed by atoms with Gasteiger partial charge in [0.05, 0.1) is 0 Å². The molecule has 0 radical (unpaired) electrons. The molecule has 0 bridgehead atoms. The van der Waals surface area contributed by atoms with Crippen LogP contribution in [0.1, 0.15) is 66.2 Å². The van der Waals surface area contributed by atoms with Gasteiger partial charge >= 0.3 is 0 Å². The van der Waals surface area contributed by atoms with Crippen LogP contribution in [0.3, 0.4) is 0 Å². The topological polar surface area (TPSA) is 12.0 Å². The molecule has 0 aromatic carbocycles. The summed E-state index contributed by atoms with van der Waals surface area (Å²) in [6.07, 6.45) is 8.37. The molecule has 1 N–H and O–H groups in total. The minimum atomic E-state index is 0.741. The Morgan fingerprint density at radius 2 is 1.65 bits per heavy atom. The van der Waals surface area contributed by atoms with Crippen molar-refractivity contribution in [2.24, 2.45) is 5.92 Å². The first-order valence-corrected chi connectivity index (χ1v) is 8.67. The number of nitrogens with one attached hydrogen (secondary N) is 1. The predicted molar refractivity (Wildman–Crippen MR) is 83.0 cm³/mol. The molecule has 0 fully saturated rings. The number of unbranched alkanes of at least 4 members (excludes halogenated alkanes) is 4. The lowest BCUT2D eigenvalue weighted by Gasteiger charge is -2.18. The SMILES string of the molecule is CCCCCCCC(CSCC(C)C)NCC. The number of thioether (sulfide) groups is 1. The van der Waals surface area contributed by atoms with Gasteiger partial charge in [0.1, 0.15) is 0 Å². The Hall–Kier alpha value is 0.310.